The van der Waals surface area contributed by atoms with Gasteiger partial charge in [0.25, 0.3) is 0 Å². The molecule has 0 saturated carbocycles. The Morgan fingerprint density at radius 2 is 0.897 bits per heavy atom. The number of nitrogens with zero attached hydrogens (tertiary/aromatic N) is 2. The lowest BCUT2D eigenvalue weighted by Gasteiger charge is -2.40. The van der Waals surface area contributed by atoms with Gasteiger partial charge in [0.05, 0.1) is 22.1 Å². The van der Waals surface area contributed by atoms with Crippen LogP contribution in [0.25, 0.3) is 97.4 Å². The fourth-order valence-electron chi connectivity index (χ4n) is 11.6. The average Bonchev–Trinajstić information content (AvgIpc) is 4.02. The molecule has 340 valence electrons. The number of para-hydroxylation sites is 3. The minimum absolute atomic E-state index is 0.197. The molecular weight excluding hydrogens is 841 g/mol. The van der Waals surface area contributed by atoms with E-state index in [1.54, 1.807) is 0 Å². The molecule has 0 saturated heterocycles. The van der Waals surface area contributed by atoms with Crippen LogP contribution in [0, 0.1) is 10.8 Å². The van der Waals surface area contributed by atoms with E-state index < -0.39 is 0 Å². The first-order valence-corrected chi connectivity index (χ1v) is 26.1. The summed E-state index contributed by atoms with van der Waals surface area (Å²) in [5.41, 5.74) is 14.3. The van der Waals surface area contributed by atoms with Crippen molar-refractivity contribution >= 4 is 75.1 Å². The van der Waals surface area contributed by atoms with E-state index in [9.17, 15) is 0 Å². The number of rotatable bonds is 15. The molecule has 3 heteroatoms. The van der Waals surface area contributed by atoms with E-state index in [1.165, 1.54) is 154 Å². The van der Waals surface area contributed by atoms with Crippen molar-refractivity contribution in [1.29, 1.82) is 0 Å². The topological polar surface area (TPSA) is 9.86 Å². The van der Waals surface area contributed by atoms with Crippen LogP contribution in [0.5, 0.6) is 0 Å². The number of hydrogen-bond acceptors (Lipinski definition) is 1. The molecule has 0 aliphatic carbocycles. The van der Waals surface area contributed by atoms with Gasteiger partial charge in [-0.1, -0.05) is 171 Å². The van der Waals surface area contributed by atoms with Crippen LogP contribution >= 0.6 is 11.3 Å². The lowest BCUT2D eigenvalue weighted by molar-refractivity contribution is 0.172. The summed E-state index contributed by atoms with van der Waals surface area (Å²) >= 11 is 1.89. The molecule has 1 atom stereocenters. The average molecular weight is 905 g/mol. The van der Waals surface area contributed by atoms with E-state index in [4.69, 9.17) is 0 Å². The van der Waals surface area contributed by atoms with Crippen LogP contribution in [-0.2, 0) is 0 Å². The van der Waals surface area contributed by atoms with E-state index in [0.29, 0.717) is 5.92 Å². The standard InChI is InChI=1S/C65H64N2S/c1-7-9-17-37-65(5,6)57(43-64(3,4)36-10-8-2)48-21-19-23-50(39-48)67-60-29-16-13-26-53(60)54-40-45(30-33-61(54)67)47-32-35-63-56(42-47)55-41-46(31-34-62(55)68-63)44-20-18-22-49(38-44)66-58-27-14-11-24-51(58)52-25-12-15-28-59(52)66/h11-16,18-35,38-42,57H,7-10,17,36-37,43H2,1-6H3. The summed E-state index contributed by atoms with van der Waals surface area (Å²) < 4.78 is 7.57. The zero-order valence-corrected chi connectivity index (χ0v) is 41.6. The molecule has 0 aliphatic rings. The number of fused-ring (bicyclic) bond motifs is 9. The van der Waals surface area contributed by atoms with Crippen molar-refractivity contribution in [2.45, 2.75) is 98.8 Å². The summed E-state index contributed by atoms with van der Waals surface area (Å²) in [6, 6.07) is 66.5. The molecule has 0 fully saturated rings. The minimum atomic E-state index is 0.197. The van der Waals surface area contributed by atoms with Gasteiger partial charge >= 0.3 is 0 Å². The summed E-state index contributed by atoms with van der Waals surface area (Å²) in [7, 11) is 0. The lowest BCUT2D eigenvalue weighted by Crippen LogP contribution is -2.28. The Morgan fingerprint density at radius 3 is 1.49 bits per heavy atom. The van der Waals surface area contributed by atoms with Crippen LogP contribution in [0.15, 0.2) is 176 Å². The molecule has 0 aliphatic heterocycles. The van der Waals surface area contributed by atoms with Gasteiger partial charge < -0.3 is 9.13 Å². The van der Waals surface area contributed by atoms with E-state index >= 15 is 0 Å². The van der Waals surface area contributed by atoms with Crippen LogP contribution < -0.4 is 0 Å². The third-order valence-electron chi connectivity index (χ3n) is 15.4. The SMILES string of the molecule is CCCCCC(C)(C)C(CC(C)(C)CCCC)c1cccc(-n2c3ccccc3c3cc(-c4ccc5sc6ccc(-c7cccc(-n8c9ccccc9c9ccccc98)c7)cc6c5c4)ccc32)c1. The monoisotopic (exact) mass is 904 g/mol. The Balaban J connectivity index is 0.964. The summed E-state index contributed by atoms with van der Waals surface area (Å²) in [4.78, 5) is 0. The van der Waals surface area contributed by atoms with Crippen molar-refractivity contribution in [1.82, 2.24) is 9.13 Å². The summed E-state index contributed by atoms with van der Waals surface area (Å²) in [5.74, 6) is 0.474. The summed E-state index contributed by atoms with van der Waals surface area (Å²) in [6.45, 7) is 14.8. The molecule has 11 aromatic rings. The van der Waals surface area contributed by atoms with Crippen molar-refractivity contribution in [2.24, 2.45) is 10.8 Å². The van der Waals surface area contributed by atoms with Gasteiger partial charge in [-0.2, -0.15) is 0 Å². The van der Waals surface area contributed by atoms with Crippen molar-refractivity contribution in [3.63, 3.8) is 0 Å². The molecule has 0 spiro atoms. The molecule has 2 nitrogen and oxygen atoms in total. The van der Waals surface area contributed by atoms with Crippen LogP contribution in [-0.4, -0.2) is 9.13 Å². The Kier molecular flexibility index (Phi) is 11.6. The largest absolute Gasteiger partial charge is 0.309 e. The fourth-order valence-corrected chi connectivity index (χ4v) is 12.7. The number of unbranched alkanes of at least 4 members (excludes halogenated alkanes) is 3. The van der Waals surface area contributed by atoms with Gasteiger partial charge in [-0.15, -0.1) is 11.3 Å². The van der Waals surface area contributed by atoms with Gasteiger partial charge in [0.2, 0.25) is 0 Å². The number of thiophene rings is 1. The summed E-state index contributed by atoms with van der Waals surface area (Å²) in [5, 5.41) is 7.77. The lowest BCUT2D eigenvalue weighted by atomic mass is 9.65. The molecule has 0 N–H and O–H groups in total. The zero-order chi connectivity index (χ0) is 46.6. The fraction of sp³-hybridized carbons (Fsp3) is 0.262. The maximum absolute atomic E-state index is 2.54. The zero-order valence-electron chi connectivity index (χ0n) is 40.8. The van der Waals surface area contributed by atoms with E-state index in [1.807, 2.05) is 11.3 Å². The highest BCUT2D eigenvalue weighted by molar-refractivity contribution is 7.25. The van der Waals surface area contributed by atoms with Gasteiger partial charge in [-0.3, -0.25) is 0 Å². The molecule has 3 aromatic heterocycles. The third kappa shape index (κ3) is 8.03. The maximum atomic E-state index is 2.54. The first kappa shape index (κ1) is 44.1. The Hall–Kier alpha value is -6.42. The van der Waals surface area contributed by atoms with E-state index in [2.05, 4.69) is 227 Å². The first-order valence-electron chi connectivity index (χ1n) is 25.3. The second kappa shape index (κ2) is 17.9. The van der Waals surface area contributed by atoms with Crippen LogP contribution in [0.1, 0.15) is 104 Å². The summed E-state index contributed by atoms with van der Waals surface area (Å²) in [6.07, 6.45) is 10.1. The molecule has 11 rings (SSSR count). The number of hydrogen-bond donors (Lipinski definition) is 0. The molecule has 0 amide bonds. The van der Waals surface area contributed by atoms with Gasteiger partial charge in [0.15, 0.2) is 0 Å². The second-order valence-corrected chi connectivity index (χ2v) is 22.2. The molecule has 0 radical (unpaired) electrons. The van der Waals surface area contributed by atoms with Crippen molar-refractivity contribution in [3.05, 3.63) is 181 Å². The van der Waals surface area contributed by atoms with Crippen molar-refractivity contribution in [2.75, 3.05) is 0 Å². The first-order chi connectivity index (χ1) is 33.1. The molecular formula is C65H64N2S. The molecule has 68 heavy (non-hydrogen) atoms. The minimum Gasteiger partial charge on any atom is -0.309 e. The van der Waals surface area contributed by atoms with Crippen LogP contribution in [0.2, 0.25) is 0 Å². The number of aromatic nitrogens is 2. The normalized spacial score (nSPS) is 13.0. The molecule has 0 bridgehead atoms. The molecule has 8 aromatic carbocycles. The maximum Gasteiger partial charge on any atom is 0.0541 e. The smallest absolute Gasteiger partial charge is 0.0541 e. The highest BCUT2D eigenvalue weighted by Crippen LogP contribution is 2.49. The number of benzene rings is 8. The molecule has 3 heterocycles. The highest BCUT2D eigenvalue weighted by atomic mass is 32.1. The van der Waals surface area contributed by atoms with Crippen molar-refractivity contribution in [3.8, 4) is 33.6 Å². The van der Waals surface area contributed by atoms with Crippen molar-refractivity contribution < 1.29 is 0 Å². The quantitative estimate of drug-likeness (QED) is 0.0907. The van der Waals surface area contributed by atoms with Gasteiger partial charge in [-0.25, -0.2) is 0 Å². The van der Waals surface area contributed by atoms with E-state index in [-0.39, 0.29) is 10.8 Å². The van der Waals surface area contributed by atoms with Gasteiger partial charge in [0, 0.05) is 53.1 Å². The Labute approximate surface area is 406 Å². The predicted octanol–water partition coefficient (Wildman–Crippen LogP) is 19.9. The van der Waals surface area contributed by atoms with E-state index in [0.717, 1.165) is 0 Å². The third-order valence-corrected chi connectivity index (χ3v) is 16.5. The highest BCUT2D eigenvalue weighted by Gasteiger charge is 2.35. The Bertz CT molecular complexity index is 3570. The van der Waals surface area contributed by atoms with Gasteiger partial charge in [-0.05, 0) is 143 Å². The molecule has 1 unspecified atom stereocenters. The predicted molar refractivity (Wildman–Crippen MR) is 297 cm³/mol. The van der Waals surface area contributed by atoms with Crippen LogP contribution in [0.3, 0.4) is 0 Å². The Morgan fingerprint density at radius 1 is 0.412 bits per heavy atom. The van der Waals surface area contributed by atoms with Gasteiger partial charge in [0.1, 0.15) is 0 Å². The van der Waals surface area contributed by atoms with Crippen LogP contribution in [0.4, 0.5) is 0 Å². The second-order valence-electron chi connectivity index (χ2n) is 21.1.